The molecule has 0 aliphatic heterocycles. The summed E-state index contributed by atoms with van der Waals surface area (Å²) in [6.07, 6.45) is 2.64. The van der Waals surface area contributed by atoms with Crippen molar-refractivity contribution in [3.63, 3.8) is 0 Å². The van der Waals surface area contributed by atoms with E-state index in [0.29, 0.717) is 6.04 Å². The number of nitrogens with one attached hydrogen (secondary N) is 1. The summed E-state index contributed by atoms with van der Waals surface area (Å²) >= 11 is 3.59. The highest BCUT2D eigenvalue weighted by molar-refractivity contribution is 9.10. The van der Waals surface area contributed by atoms with Gasteiger partial charge in [-0.05, 0) is 65.2 Å². The monoisotopic (exact) mass is 281 g/mol. The predicted molar refractivity (Wildman–Crippen MR) is 73.9 cm³/mol. The van der Waals surface area contributed by atoms with Crippen LogP contribution in [0.25, 0.3) is 0 Å². The molecule has 1 aromatic rings. The van der Waals surface area contributed by atoms with Gasteiger partial charge >= 0.3 is 0 Å². The predicted octanol–water partition coefficient (Wildman–Crippen LogP) is 4.60. The highest BCUT2D eigenvalue weighted by atomic mass is 79.9. The zero-order valence-corrected chi connectivity index (χ0v) is 11.8. The lowest BCUT2D eigenvalue weighted by Gasteiger charge is -2.39. The number of hydrogen-bond acceptors (Lipinski definition) is 1. The second-order valence-electron chi connectivity index (χ2n) is 5.30. The second-order valence-corrected chi connectivity index (χ2v) is 6.15. The number of hydrogen-bond donors (Lipinski definition) is 1. The van der Waals surface area contributed by atoms with Gasteiger partial charge in [0.1, 0.15) is 0 Å². The normalized spacial score (nSPS) is 24.3. The fourth-order valence-electron chi connectivity index (χ4n) is 2.29. The van der Waals surface area contributed by atoms with Gasteiger partial charge in [0.25, 0.3) is 0 Å². The van der Waals surface area contributed by atoms with Crippen molar-refractivity contribution in [2.24, 2.45) is 11.8 Å². The molecule has 0 spiro atoms. The first-order valence-corrected chi connectivity index (χ1v) is 6.88. The summed E-state index contributed by atoms with van der Waals surface area (Å²) in [5, 5.41) is 3.63. The van der Waals surface area contributed by atoms with E-state index in [4.69, 9.17) is 0 Å². The van der Waals surface area contributed by atoms with Crippen LogP contribution < -0.4 is 5.32 Å². The van der Waals surface area contributed by atoms with Crippen LogP contribution in [0.15, 0.2) is 22.7 Å². The van der Waals surface area contributed by atoms with E-state index in [1.165, 1.54) is 28.6 Å². The summed E-state index contributed by atoms with van der Waals surface area (Å²) in [6.45, 7) is 6.78. The van der Waals surface area contributed by atoms with Crippen molar-refractivity contribution in [1.29, 1.82) is 0 Å². The molecule has 1 aliphatic rings. The van der Waals surface area contributed by atoms with E-state index in [1.807, 2.05) is 0 Å². The molecule has 0 atom stereocenters. The Hall–Kier alpha value is -0.500. The van der Waals surface area contributed by atoms with Crippen molar-refractivity contribution in [3.05, 3.63) is 28.2 Å². The molecule has 2 heteroatoms. The van der Waals surface area contributed by atoms with Crippen molar-refractivity contribution >= 4 is 21.6 Å². The van der Waals surface area contributed by atoms with Gasteiger partial charge in [-0.25, -0.2) is 0 Å². The van der Waals surface area contributed by atoms with Crippen molar-refractivity contribution in [2.75, 3.05) is 5.32 Å². The van der Waals surface area contributed by atoms with Crippen LogP contribution in [0.2, 0.25) is 0 Å². The summed E-state index contributed by atoms with van der Waals surface area (Å²) in [5.74, 6) is 1.75. The summed E-state index contributed by atoms with van der Waals surface area (Å²) in [7, 11) is 0. The van der Waals surface area contributed by atoms with E-state index in [1.54, 1.807) is 0 Å². The largest absolute Gasteiger partial charge is 0.381 e. The van der Waals surface area contributed by atoms with Crippen LogP contribution in [-0.4, -0.2) is 6.04 Å². The second kappa shape index (κ2) is 4.79. The fourth-order valence-corrected chi connectivity index (χ4v) is 2.65. The maximum Gasteiger partial charge on any atom is 0.0489 e. The number of benzene rings is 1. The Bertz CT molecular complexity index is 367. The van der Waals surface area contributed by atoms with E-state index in [9.17, 15) is 0 Å². The maximum absolute atomic E-state index is 3.63. The minimum absolute atomic E-state index is 0.672. The van der Waals surface area contributed by atoms with Crippen molar-refractivity contribution in [1.82, 2.24) is 0 Å². The van der Waals surface area contributed by atoms with Gasteiger partial charge in [-0.3, -0.25) is 0 Å². The third kappa shape index (κ3) is 2.60. The highest BCUT2D eigenvalue weighted by Gasteiger charge is 2.31. The third-order valence-corrected chi connectivity index (χ3v) is 4.29. The molecule has 0 saturated heterocycles. The maximum atomic E-state index is 3.63. The SMILES string of the molecule is Cc1ccc(Br)c(NC2CC(C(C)C)C2)c1. The van der Waals surface area contributed by atoms with Crippen LogP contribution in [0, 0.1) is 18.8 Å². The van der Waals surface area contributed by atoms with Gasteiger partial charge in [0.15, 0.2) is 0 Å². The number of halogens is 1. The summed E-state index contributed by atoms with van der Waals surface area (Å²) in [4.78, 5) is 0. The Morgan fingerprint density at radius 1 is 1.31 bits per heavy atom. The minimum atomic E-state index is 0.672. The molecule has 1 nitrogen and oxygen atoms in total. The molecule has 0 aromatic heterocycles. The third-order valence-electron chi connectivity index (χ3n) is 3.60. The molecule has 0 amide bonds. The lowest BCUT2D eigenvalue weighted by atomic mass is 9.73. The molecular weight excluding hydrogens is 262 g/mol. The first-order valence-electron chi connectivity index (χ1n) is 6.09. The number of aryl methyl sites for hydroxylation is 1. The average Bonchev–Trinajstić information content (AvgIpc) is 2.15. The Balaban J connectivity index is 1.94. The van der Waals surface area contributed by atoms with Crippen molar-refractivity contribution < 1.29 is 0 Å². The molecule has 2 rings (SSSR count). The van der Waals surface area contributed by atoms with Gasteiger partial charge in [0, 0.05) is 16.2 Å². The van der Waals surface area contributed by atoms with Gasteiger partial charge in [-0.1, -0.05) is 19.9 Å². The number of anilines is 1. The molecule has 0 radical (unpaired) electrons. The zero-order valence-electron chi connectivity index (χ0n) is 10.3. The smallest absolute Gasteiger partial charge is 0.0489 e. The van der Waals surface area contributed by atoms with Crippen LogP contribution in [0.4, 0.5) is 5.69 Å². The molecule has 16 heavy (non-hydrogen) atoms. The molecule has 1 fully saturated rings. The van der Waals surface area contributed by atoms with Gasteiger partial charge in [0.05, 0.1) is 0 Å². The van der Waals surface area contributed by atoms with E-state index >= 15 is 0 Å². The topological polar surface area (TPSA) is 12.0 Å². The van der Waals surface area contributed by atoms with E-state index < -0.39 is 0 Å². The molecule has 1 aromatic carbocycles. The molecule has 1 saturated carbocycles. The van der Waals surface area contributed by atoms with Crippen LogP contribution in [-0.2, 0) is 0 Å². The molecular formula is C14H20BrN. The van der Waals surface area contributed by atoms with Crippen molar-refractivity contribution in [3.8, 4) is 0 Å². The molecule has 0 heterocycles. The summed E-state index contributed by atoms with van der Waals surface area (Å²) in [6, 6.07) is 7.14. The lowest BCUT2D eigenvalue weighted by Crippen LogP contribution is -2.37. The van der Waals surface area contributed by atoms with Gasteiger partial charge in [0.2, 0.25) is 0 Å². The van der Waals surface area contributed by atoms with E-state index in [2.05, 4.69) is 60.2 Å². The molecule has 0 bridgehead atoms. The molecule has 1 aliphatic carbocycles. The first kappa shape index (κ1) is 12.0. The van der Waals surface area contributed by atoms with Crippen LogP contribution in [0.3, 0.4) is 0 Å². The summed E-state index contributed by atoms with van der Waals surface area (Å²) < 4.78 is 1.17. The molecule has 0 unspecified atom stereocenters. The molecule has 88 valence electrons. The summed E-state index contributed by atoms with van der Waals surface area (Å²) in [5.41, 5.74) is 2.55. The Morgan fingerprint density at radius 2 is 2.00 bits per heavy atom. The van der Waals surface area contributed by atoms with Crippen LogP contribution in [0.1, 0.15) is 32.3 Å². The lowest BCUT2D eigenvalue weighted by molar-refractivity contribution is 0.212. The van der Waals surface area contributed by atoms with E-state index in [0.717, 1.165) is 11.8 Å². The van der Waals surface area contributed by atoms with Gasteiger partial charge < -0.3 is 5.32 Å². The quantitative estimate of drug-likeness (QED) is 0.854. The van der Waals surface area contributed by atoms with Crippen LogP contribution in [0.5, 0.6) is 0 Å². The Kier molecular flexibility index (Phi) is 3.58. The van der Waals surface area contributed by atoms with Crippen LogP contribution >= 0.6 is 15.9 Å². The Labute approximate surface area is 107 Å². The average molecular weight is 282 g/mol. The zero-order chi connectivity index (χ0) is 11.7. The van der Waals surface area contributed by atoms with Crippen molar-refractivity contribution in [2.45, 2.75) is 39.7 Å². The highest BCUT2D eigenvalue weighted by Crippen LogP contribution is 2.36. The molecule has 1 N–H and O–H groups in total. The first-order chi connectivity index (χ1) is 7.56. The number of rotatable bonds is 3. The fraction of sp³-hybridized carbons (Fsp3) is 0.571. The standard InChI is InChI=1S/C14H20BrN/c1-9(2)11-7-12(8-11)16-14-6-10(3)4-5-13(14)15/h4-6,9,11-12,16H,7-8H2,1-3H3. The van der Waals surface area contributed by atoms with Gasteiger partial charge in [-0.2, -0.15) is 0 Å². The van der Waals surface area contributed by atoms with E-state index in [-0.39, 0.29) is 0 Å². The Morgan fingerprint density at radius 3 is 2.62 bits per heavy atom. The van der Waals surface area contributed by atoms with Gasteiger partial charge in [-0.15, -0.1) is 0 Å². The minimum Gasteiger partial charge on any atom is -0.381 e.